The largest absolute Gasteiger partial charge is 0.478 e. The molecule has 0 radical (unpaired) electrons. The van der Waals surface area contributed by atoms with E-state index < -0.39 is 0 Å². The fourth-order valence-corrected chi connectivity index (χ4v) is 0.748. The lowest BCUT2D eigenvalue weighted by Gasteiger charge is -1.96. The molecule has 0 fully saturated rings. The van der Waals surface area contributed by atoms with E-state index in [1.807, 2.05) is 13.0 Å². The molecule has 1 N–H and O–H groups in total. The van der Waals surface area contributed by atoms with Gasteiger partial charge in [-0.25, -0.2) is 0 Å². The van der Waals surface area contributed by atoms with Gasteiger partial charge in [0.15, 0.2) is 0 Å². The van der Waals surface area contributed by atoms with Crippen molar-refractivity contribution in [2.75, 3.05) is 6.61 Å². The van der Waals surface area contributed by atoms with Crippen molar-refractivity contribution in [1.82, 2.24) is 0 Å². The normalized spacial score (nSPS) is 9.62. The second-order valence-electron chi connectivity index (χ2n) is 2.15. The van der Waals surface area contributed by atoms with E-state index in [1.54, 1.807) is 24.5 Å². The van der Waals surface area contributed by atoms with Crippen LogP contribution in [0.25, 0.3) is 6.08 Å². The summed E-state index contributed by atoms with van der Waals surface area (Å²) >= 11 is 0. The molecule has 0 atom stereocenters. The van der Waals surface area contributed by atoms with E-state index in [0.717, 1.165) is 5.76 Å². The molecular weight excluding hydrogens is 190 g/mol. The van der Waals surface area contributed by atoms with Gasteiger partial charge in [0.2, 0.25) is 5.90 Å². The van der Waals surface area contributed by atoms with E-state index in [9.17, 15) is 0 Å². The van der Waals surface area contributed by atoms with Crippen LogP contribution >= 0.6 is 12.4 Å². The van der Waals surface area contributed by atoms with E-state index in [-0.39, 0.29) is 18.3 Å². The van der Waals surface area contributed by atoms with E-state index >= 15 is 0 Å². The first-order chi connectivity index (χ1) is 5.83. The first-order valence-corrected chi connectivity index (χ1v) is 3.76. The van der Waals surface area contributed by atoms with Crippen molar-refractivity contribution in [2.45, 2.75) is 6.92 Å². The van der Waals surface area contributed by atoms with Crippen LogP contribution in [0.4, 0.5) is 0 Å². The van der Waals surface area contributed by atoms with Gasteiger partial charge in [0, 0.05) is 6.08 Å². The van der Waals surface area contributed by atoms with Gasteiger partial charge in [-0.15, -0.1) is 12.4 Å². The number of hydrogen-bond donors (Lipinski definition) is 1. The van der Waals surface area contributed by atoms with Gasteiger partial charge in [0.1, 0.15) is 5.76 Å². The van der Waals surface area contributed by atoms with Gasteiger partial charge < -0.3 is 9.15 Å². The van der Waals surface area contributed by atoms with E-state index in [4.69, 9.17) is 14.6 Å². The van der Waals surface area contributed by atoms with Crippen LogP contribution < -0.4 is 0 Å². The fraction of sp³-hybridized carbons (Fsp3) is 0.222. The van der Waals surface area contributed by atoms with Crippen LogP contribution in [0.2, 0.25) is 0 Å². The van der Waals surface area contributed by atoms with Crippen molar-refractivity contribution in [3.63, 3.8) is 0 Å². The molecule has 4 heteroatoms. The summed E-state index contributed by atoms with van der Waals surface area (Å²) in [6.07, 6.45) is 4.84. The van der Waals surface area contributed by atoms with Crippen LogP contribution in [0.3, 0.4) is 0 Å². The Morgan fingerprint density at radius 1 is 1.69 bits per heavy atom. The Morgan fingerprint density at radius 2 is 2.46 bits per heavy atom. The minimum atomic E-state index is 0. The third-order valence-electron chi connectivity index (χ3n) is 1.24. The summed E-state index contributed by atoms with van der Waals surface area (Å²) in [5, 5.41) is 7.24. The number of halogens is 1. The third-order valence-corrected chi connectivity index (χ3v) is 1.24. The first-order valence-electron chi connectivity index (χ1n) is 3.76. The topological polar surface area (TPSA) is 46.2 Å². The monoisotopic (exact) mass is 201 g/mol. The predicted octanol–water partition coefficient (Wildman–Crippen LogP) is 2.73. The van der Waals surface area contributed by atoms with Gasteiger partial charge >= 0.3 is 0 Å². The third kappa shape index (κ3) is 4.38. The molecule has 0 aliphatic carbocycles. The van der Waals surface area contributed by atoms with Gasteiger partial charge in [-0.3, -0.25) is 5.41 Å². The summed E-state index contributed by atoms with van der Waals surface area (Å²) in [4.78, 5) is 0. The van der Waals surface area contributed by atoms with Crippen molar-refractivity contribution in [3.05, 3.63) is 30.2 Å². The zero-order valence-corrected chi connectivity index (χ0v) is 8.14. The molecule has 0 saturated heterocycles. The molecule has 72 valence electrons. The van der Waals surface area contributed by atoms with Crippen molar-refractivity contribution < 1.29 is 9.15 Å². The molecule has 0 aromatic carbocycles. The lowest BCUT2D eigenvalue weighted by molar-refractivity contribution is 0.327. The maximum Gasteiger partial charge on any atom is 0.205 e. The molecule has 1 heterocycles. The van der Waals surface area contributed by atoms with Crippen LogP contribution in [-0.2, 0) is 4.74 Å². The second kappa shape index (κ2) is 6.31. The van der Waals surface area contributed by atoms with Crippen LogP contribution in [0.1, 0.15) is 12.7 Å². The highest BCUT2D eigenvalue weighted by Crippen LogP contribution is 2.02. The van der Waals surface area contributed by atoms with Gasteiger partial charge in [0.25, 0.3) is 0 Å². The maximum absolute atomic E-state index is 7.24. The zero-order chi connectivity index (χ0) is 8.81. The Bertz CT molecular complexity index is 267. The van der Waals surface area contributed by atoms with Gasteiger partial charge in [-0.1, -0.05) is 0 Å². The van der Waals surface area contributed by atoms with Crippen molar-refractivity contribution in [3.8, 4) is 0 Å². The Balaban J connectivity index is 0.00000144. The molecule has 0 spiro atoms. The number of hydrogen-bond acceptors (Lipinski definition) is 3. The molecule has 0 aliphatic heterocycles. The summed E-state index contributed by atoms with van der Waals surface area (Å²) in [5.74, 6) is 0.869. The number of nitrogens with one attached hydrogen (secondary N) is 1. The summed E-state index contributed by atoms with van der Waals surface area (Å²) in [5.41, 5.74) is 0. The summed E-state index contributed by atoms with van der Waals surface area (Å²) in [7, 11) is 0. The van der Waals surface area contributed by atoms with E-state index in [2.05, 4.69) is 0 Å². The minimum Gasteiger partial charge on any atom is -0.478 e. The molecule has 0 amide bonds. The lowest BCUT2D eigenvalue weighted by Crippen LogP contribution is -1.97. The summed E-state index contributed by atoms with van der Waals surface area (Å²) in [6, 6.07) is 3.61. The SMILES string of the molecule is CCOC(=N)/C=C/c1ccco1.Cl. The Kier molecular flexibility index (Phi) is 5.72. The fourth-order valence-electron chi connectivity index (χ4n) is 0.748. The molecule has 13 heavy (non-hydrogen) atoms. The Labute approximate surface area is 83.3 Å². The maximum atomic E-state index is 7.24. The van der Waals surface area contributed by atoms with Crippen LogP contribution in [0.15, 0.2) is 28.9 Å². The highest BCUT2D eigenvalue weighted by atomic mass is 35.5. The Morgan fingerprint density at radius 3 is 3.00 bits per heavy atom. The van der Waals surface area contributed by atoms with Crippen molar-refractivity contribution in [1.29, 1.82) is 5.41 Å². The molecule has 0 aliphatic rings. The molecule has 1 aromatic heterocycles. The smallest absolute Gasteiger partial charge is 0.205 e. The molecule has 1 aromatic rings. The van der Waals surface area contributed by atoms with E-state index in [1.165, 1.54) is 0 Å². The molecule has 0 unspecified atom stereocenters. The first kappa shape index (κ1) is 11.8. The van der Waals surface area contributed by atoms with Gasteiger partial charge in [-0.2, -0.15) is 0 Å². The van der Waals surface area contributed by atoms with Crippen molar-refractivity contribution in [2.24, 2.45) is 0 Å². The molecular formula is C9H12ClNO2. The minimum absolute atomic E-state index is 0. The zero-order valence-electron chi connectivity index (χ0n) is 7.32. The average molecular weight is 202 g/mol. The number of furan rings is 1. The standard InChI is InChI=1S/C9H11NO2.ClH/c1-2-11-9(10)6-5-8-4-3-7-12-8;/h3-7,10H,2H2,1H3;1H/b6-5+,10-9?;. The second-order valence-corrected chi connectivity index (χ2v) is 2.15. The summed E-state index contributed by atoms with van der Waals surface area (Å²) in [6.45, 7) is 2.36. The predicted molar refractivity (Wildman–Crippen MR) is 54.3 cm³/mol. The van der Waals surface area contributed by atoms with Crippen LogP contribution in [0.5, 0.6) is 0 Å². The molecule has 0 saturated carbocycles. The average Bonchev–Trinajstić information content (AvgIpc) is 2.53. The molecule has 3 nitrogen and oxygen atoms in total. The molecule has 1 rings (SSSR count). The lowest BCUT2D eigenvalue weighted by atomic mass is 10.4. The van der Waals surface area contributed by atoms with Crippen LogP contribution in [-0.4, -0.2) is 12.5 Å². The highest BCUT2D eigenvalue weighted by Gasteiger charge is 1.90. The van der Waals surface area contributed by atoms with Gasteiger partial charge in [0.05, 0.1) is 12.9 Å². The van der Waals surface area contributed by atoms with Crippen molar-refractivity contribution >= 4 is 24.4 Å². The van der Waals surface area contributed by atoms with Gasteiger partial charge in [-0.05, 0) is 25.1 Å². The highest BCUT2D eigenvalue weighted by molar-refractivity contribution is 5.88. The Hall–Kier alpha value is -1.22. The quantitative estimate of drug-likeness (QED) is 0.604. The summed E-state index contributed by atoms with van der Waals surface area (Å²) < 4.78 is 9.92. The van der Waals surface area contributed by atoms with E-state index in [0.29, 0.717) is 6.61 Å². The number of ether oxygens (including phenoxy) is 1. The van der Waals surface area contributed by atoms with Crippen LogP contribution in [0, 0.1) is 5.41 Å². The molecule has 0 bridgehead atoms. The number of rotatable bonds is 3.